The first-order valence-corrected chi connectivity index (χ1v) is 11.9. The Hall–Kier alpha value is -4.01. The van der Waals surface area contributed by atoms with Gasteiger partial charge in [-0.25, -0.2) is 14.5 Å². The van der Waals surface area contributed by atoms with E-state index in [-0.39, 0.29) is 23.0 Å². The first-order valence-electron chi connectivity index (χ1n) is 11.9. The first kappa shape index (κ1) is 22.8. The second-order valence-corrected chi connectivity index (χ2v) is 9.39. The summed E-state index contributed by atoms with van der Waals surface area (Å²) in [6, 6.07) is 14.0. The fourth-order valence-corrected chi connectivity index (χ4v) is 4.50. The van der Waals surface area contributed by atoms with Crippen LogP contribution in [0.4, 0.5) is 10.5 Å². The third-order valence-electron chi connectivity index (χ3n) is 6.57. The molecule has 0 radical (unpaired) electrons. The van der Waals surface area contributed by atoms with E-state index >= 15 is 0 Å². The van der Waals surface area contributed by atoms with Crippen LogP contribution in [0.5, 0.6) is 0 Å². The third kappa shape index (κ3) is 4.80. The summed E-state index contributed by atoms with van der Waals surface area (Å²) in [5.74, 6) is 0.493. The molecule has 0 saturated carbocycles. The lowest BCUT2D eigenvalue weighted by atomic mass is 9.97. The predicted molar refractivity (Wildman–Crippen MR) is 135 cm³/mol. The van der Waals surface area contributed by atoms with Gasteiger partial charge < -0.3 is 15.2 Å². The van der Waals surface area contributed by atoms with Gasteiger partial charge in [0.1, 0.15) is 5.82 Å². The summed E-state index contributed by atoms with van der Waals surface area (Å²) in [4.78, 5) is 35.2. The molecule has 9 heteroatoms. The van der Waals surface area contributed by atoms with Crippen LogP contribution in [0.1, 0.15) is 46.8 Å². The van der Waals surface area contributed by atoms with E-state index in [9.17, 15) is 9.59 Å². The zero-order valence-corrected chi connectivity index (χ0v) is 20.2. The fourth-order valence-electron chi connectivity index (χ4n) is 4.50. The van der Waals surface area contributed by atoms with Gasteiger partial charge >= 0.3 is 6.03 Å². The molecule has 0 spiro atoms. The van der Waals surface area contributed by atoms with E-state index in [1.807, 2.05) is 63.2 Å². The Morgan fingerprint density at radius 1 is 1.11 bits per heavy atom. The van der Waals surface area contributed by atoms with Crippen molar-refractivity contribution in [1.29, 1.82) is 0 Å². The highest BCUT2D eigenvalue weighted by Gasteiger charge is 2.27. The molecule has 1 fully saturated rings. The molecular formula is C26H29N7O2. The lowest BCUT2D eigenvalue weighted by molar-refractivity contribution is 0.191. The van der Waals surface area contributed by atoms with Crippen molar-refractivity contribution < 1.29 is 4.79 Å². The Morgan fingerprint density at radius 3 is 2.69 bits per heavy atom. The molecule has 1 atom stereocenters. The van der Waals surface area contributed by atoms with Crippen LogP contribution in [0.3, 0.4) is 0 Å². The fraction of sp³-hybridized carbons (Fsp3) is 0.346. The highest BCUT2D eigenvalue weighted by molar-refractivity contribution is 5.90. The average molecular weight is 472 g/mol. The second-order valence-electron chi connectivity index (χ2n) is 9.39. The molecule has 180 valence electrons. The summed E-state index contributed by atoms with van der Waals surface area (Å²) < 4.78 is 1.66. The van der Waals surface area contributed by atoms with Crippen molar-refractivity contribution in [3.63, 3.8) is 0 Å². The van der Waals surface area contributed by atoms with Crippen LogP contribution >= 0.6 is 0 Å². The summed E-state index contributed by atoms with van der Waals surface area (Å²) in [6.45, 7) is 7.63. The molecule has 2 aromatic heterocycles. The van der Waals surface area contributed by atoms with Gasteiger partial charge in [-0.2, -0.15) is 0 Å². The number of anilines is 1. The molecule has 4 aromatic rings. The number of likely N-dealkylation sites (tertiary alicyclic amines) is 1. The van der Waals surface area contributed by atoms with Crippen LogP contribution in [0.2, 0.25) is 0 Å². The van der Waals surface area contributed by atoms with Gasteiger partial charge in [0.2, 0.25) is 0 Å². The van der Waals surface area contributed by atoms with Crippen molar-refractivity contribution in [3.8, 4) is 0 Å². The predicted octanol–water partition coefficient (Wildman–Crippen LogP) is 3.90. The lowest BCUT2D eigenvalue weighted by Crippen LogP contribution is -2.42. The first-order chi connectivity index (χ1) is 16.9. The van der Waals surface area contributed by atoms with Crippen molar-refractivity contribution in [2.24, 2.45) is 0 Å². The second kappa shape index (κ2) is 9.32. The molecule has 0 unspecified atom stereocenters. The van der Waals surface area contributed by atoms with Crippen LogP contribution in [0.25, 0.3) is 11.2 Å². The number of aromatic amines is 1. The Kier molecular flexibility index (Phi) is 6.07. The van der Waals surface area contributed by atoms with E-state index < -0.39 is 0 Å². The van der Waals surface area contributed by atoms with E-state index in [1.54, 1.807) is 9.58 Å². The van der Waals surface area contributed by atoms with Crippen LogP contribution in [-0.4, -0.2) is 49.0 Å². The summed E-state index contributed by atoms with van der Waals surface area (Å²) in [7, 11) is 0. The number of hydrogen-bond acceptors (Lipinski definition) is 5. The van der Waals surface area contributed by atoms with Crippen molar-refractivity contribution in [2.75, 3.05) is 18.4 Å². The van der Waals surface area contributed by atoms with Crippen LogP contribution in [0, 0.1) is 20.8 Å². The molecule has 3 heterocycles. The van der Waals surface area contributed by atoms with E-state index in [4.69, 9.17) is 4.98 Å². The number of urea groups is 1. The molecule has 2 aromatic carbocycles. The topological polar surface area (TPSA) is 109 Å². The van der Waals surface area contributed by atoms with Gasteiger partial charge in [0.05, 0.1) is 6.54 Å². The SMILES string of the molecule is Cc1ccc(Cn2nnc3c(=O)[nH]c([C@H]4CCCN(C(=O)Nc5cc(C)ccc5C)C4)nc32)cc1. The van der Waals surface area contributed by atoms with E-state index in [2.05, 4.69) is 20.6 Å². The zero-order chi connectivity index (χ0) is 24.5. The summed E-state index contributed by atoms with van der Waals surface area (Å²) in [5.41, 5.74) is 5.53. The number of carbonyl (C=O) groups is 1. The minimum atomic E-state index is -0.308. The standard InChI is InChI=1S/C26H29N7O2/c1-16-7-10-19(11-8-16)14-33-24-22(30-31-33)25(34)29-23(28-24)20-5-4-12-32(15-20)26(35)27-21-13-17(2)6-9-18(21)3/h6-11,13,20H,4-5,12,14-15H2,1-3H3,(H,27,35)(H,28,29,34)/t20-/m0/s1. The number of hydrogen-bond donors (Lipinski definition) is 2. The number of nitrogens with one attached hydrogen (secondary N) is 2. The number of nitrogens with zero attached hydrogens (tertiary/aromatic N) is 5. The summed E-state index contributed by atoms with van der Waals surface area (Å²) in [6.07, 6.45) is 1.66. The van der Waals surface area contributed by atoms with Gasteiger partial charge in [0.15, 0.2) is 11.2 Å². The maximum absolute atomic E-state index is 13.0. The van der Waals surface area contributed by atoms with Gasteiger partial charge in [-0.3, -0.25) is 4.79 Å². The average Bonchev–Trinajstić information content (AvgIpc) is 3.26. The zero-order valence-electron chi connectivity index (χ0n) is 20.2. The quantitative estimate of drug-likeness (QED) is 0.469. The lowest BCUT2D eigenvalue weighted by Gasteiger charge is -2.32. The van der Waals surface area contributed by atoms with Crippen LogP contribution in [0.15, 0.2) is 47.3 Å². The molecule has 5 rings (SSSR count). The molecule has 1 aliphatic rings. The molecular weight excluding hydrogens is 442 g/mol. The van der Waals surface area contributed by atoms with Gasteiger partial charge in [0, 0.05) is 24.7 Å². The van der Waals surface area contributed by atoms with Crippen molar-refractivity contribution in [1.82, 2.24) is 29.9 Å². The molecule has 0 aliphatic carbocycles. The molecule has 0 bridgehead atoms. The molecule has 2 N–H and O–H groups in total. The van der Waals surface area contributed by atoms with Gasteiger partial charge in [-0.15, -0.1) is 5.10 Å². The summed E-state index contributed by atoms with van der Waals surface area (Å²) in [5, 5.41) is 11.3. The number of rotatable bonds is 4. The maximum atomic E-state index is 13.0. The Bertz CT molecular complexity index is 1440. The monoisotopic (exact) mass is 471 g/mol. The number of H-pyrrole nitrogens is 1. The number of amides is 2. The molecule has 9 nitrogen and oxygen atoms in total. The van der Waals surface area contributed by atoms with Gasteiger partial charge in [0.25, 0.3) is 5.56 Å². The van der Waals surface area contributed by atoms with E-state index in [0.29, 0.717) is 31.1 Å². The number of piperidine rings is 1. The van der Waals surface area contributed by atoms with Crippen molar-refractivity contribution >= 4 is 22.9 Å². The number of aromatic nitrogens is 5. The van der Waals surface area contributed by atoms with E-state index in [1.165, 1.54) is 5.56 Å². The van der Waals surface area contributed by atoms with Crippen LogP contribution < -0.4 is 10.9 Å². The smallest absolute Gasteiger partial charge is 0.321 e. The number of fused-ring (bicyclic) bond motifs is 1. The number of aryl methyl sites for hydroxylation is 3. The Morgan fingerprint density at radius 2 is 1.89 bits per heavy atom. The minimum Gasteiger partial charge on any atom is -0.324 e. The van der Waals surface area contributed by atoms with E-state index in [0.717, 1.165) is 35.2 Å². The third-order valence-corrected chi connectivity index (χ3v) is 6.57. The highest BCUT2D eigenvalue weighted by atomic mass is 16.2. The Labute approximate surface area is 203 Å². The minimum absolute atomic E-state index is 0.0760. The van der Waals surface area contributed by atoms with Gasteiger partial charge in [-0.1, -0.05) is 47.2 Å². The molecule has 2 amide bonds. The molecule has 1 aliphatic heterocycles. The number of carbonyl (C=O) groups excluding carboxylic acids is 1. The number of benzene rings is 2. The molecule has 1 saturated heterocycles. The Balaban J connectivity index is 1.37. The maximum Gasteiger partial charge on any atom is 0.321 e. The van der Waals surface area contributed by atoms with Crippen LogP contribution in [-0.2, 0) is 6.54 Å². The van der Waals surface area contributed by atoms with Gasteiger partial charge in [-0.05, 0) is 56.4 Å². The molecule has 35 heavy (non-hydrogen) atoms. The normalized spacial score (nSPS) is 16.0. The summed E-state index contributed by atoms with van der Waals surface area (Å²) >= 11 is 0. The largest absolute Gasteiger partial charge is 0.324 e. The van der Waals surface area contributed by atoms with Crippen molar-refractivity contribution in [2.45, 2.75) is 46.1 Å². The highest BCUT2D eigenvalue weighted by Crippen LogP contribution is 2.26. The van der Waals surface area contributed by atoms with Crippen molar-refractivity contribution in [3.05, 3.63) is 80.9 Å².